The highest BCUT2D eigenvalue weighted by Gasteiger charge is 2.34. The molecule has 30 heavy (non-hydrogen) atoms. The fraction of sp³-hybridized carbons (Fsp3) is 0.286. The van der Waals surface area contributed by atoms with Gasteiger partial charge in [-0.05, 0) is 39.0 Å². The second kappa shape index (κ2) is 6.94. The summed E-state index contributed by atoms with van der Waals surface area (Å²) in [5.41, 5.74) is 3.45. The van der Waals surface area contributed by atoms with Crippen LogP contribution >= 0.6 is 0 Å². The van der Waals surface area contributed by atoms with Gasteiger partial charge >= 0.3 is 0 Å². The molecule has 3 aromatic heterocycles. The molecule has 0 aliphatic carbocycles. The first-order chi connectivity index (χ1) is 14.6. The molecule has 1 N–H and O–H groups in total. The van der Waals surface area contributed by atoms with Crippen LogP contribution in [-0.4, -0.2) is 42.1 Å². The number of hydrogen-bond donors (Lipinski definition) is 1. The number of amides is 1. The van der Waals surface area contributed by atoms with Gasteiger partial charge in [-0.3, -0.25) is 4.79 Å². The molecular formula is C21H21N7O2. The van der Waals surface area contributed by atoms with E-state index in [1.54, 1.807) is 9.20 Å². The second-order valence-corrected chi connectivity index (χ2v) is 7.24. The summed E-state index contributed by atoms with van der Waals surface area (Å²) in [5.74, 6) is 2.47. The van der Waals surface area contributed by atoms with E-state index in [0.717, 1.165) is 22.6 Å². The Morgan fingerprint density at radius 3 is 2.80 bits per heavy atom. The predicted molar refractivity (Wildman–Crippen MR) is 110 cm³/mol. The van der Waals surface area contributed by atoms with Gasteiger partial charge in [0, 0.05) is 23.5 Å². The molecule has 0 fully saturated rings. The molecule has 1 atom stereocenters. The molecule has 0 saturated heterocycles. The van der Waals surface area contributed by atoms with Gasteiger partial charge in [0.2, 0.25) is 5.91 Å². The molecule has 1 amide bonds. The van der Waals surface area contributed by atoms with Crippen molar-refractivity contribution in [2.45, 2.75) is 33.1 Å². The van der Waals surface area contributed by atoms with Crippen LogP contribution in [0.1, 0.15) is 41.9 Å². The minimum atomic E-state index is -0.148. The van der Waals surface area contributed by atoms with Crippen LogP contribution in [0.2, 0.25) is 0 Å². The van der Waals surface area contributed by atoms with Gasteiger partial charge < -0.3 is 10.1 Å². The zero-order chi connectivity index (χ0) is 20.8. The number of carbonyl (C=O) groups excluding carboxylic acids is 1. The molecule has 1 aliphatic rings. The minimum Gasteiger partial charge on any atom is -0.494 e. The summed E-state index contributed by atoms with van der Waals surface area (Å²) in [6, 6.07) is 11.5. The summed E-state index contributed by atoms with van der Waals surface area (Å²) in [4.78, 5) is 12.7. The Hall–Kier alpha value is -3.75. The van der Waals surface area contributed by atoms with Crippen molar-refractivity contribution in [2.24, 2.45) is 0 Å². The van der Waals surface area contributed by atoms with Crippen molar-refractivity contribution in [3.05, 3.63) is 59.0 Å². The number of fused-ring (bicyclic) bond motifs is 2. The van der Waals surface area contributed by atoms with Gasteiger partial charge in [0.05, 0.1) is 12.3 Å². The van der Waals surface area contributed by atoms with Crippen molar-refractivity contribution in [3.8, 4) is 11.6 Å². The number of nitrogens with one attached hydrogen (secondary N) is 1. The minimum absolute atomic E-state index is 0.0680. The number of para-hydroxylation sites is 1. The number of ether oxygens (including phenoxy) is 1. The second-order valence-electron chi connectivity index (χ2n) is 7.24. The van der Waals surface area contributed by atoms with Crippen molar-refractivity contribution in [1.82, 2.24) is 29.6 Å². The lowest BCUT2D eigenvalue weighted by Crippen LogP contribution is -2.25. The Balaban J connectivity index is 1.67. The van der Waals surface area contributed by atoms with E-state index in [1.165, 1.54) is 0 Å². The molecule has 5 rings (SSSR count). The number of hydrogen-bond acceptors (Lipinski definition) is 6. The van der Waals surface area contributed by atoms with Crippen LogP contribution in [0.15, 0.2) is 36.4 Å². The molecule has 1 aromatic carbocycles. The SMILES string of the molecule is CCOc1ccccc1[C@H]1CC(=O)Nc2c1c(C)nn2-c1ccc2nnc(C)n2n1. The van der Waals surface area contributed by atoms with Gasteiger partial charge in [-0.25, -0.2) is 0 Å². The molecule has 0 saturated carbocycles. The first kappa shape index (κ1) is 18.3. The van der Waals surface area contributed by atoms with Gasteiger partial charge in [-0.1, -0.05) is 18.2 Å². The van der Waals surface area contributed by atoms with Crippen LogP contribution in [0.5, 0.6) is 5.75 Å². The number of aromatic nitrogens is 6. The van der Waals surface area contributed by atoms with E-state index in [1.807, 2.05) is 57.2 Å². The molecule has 9 nitrogen and oxygen atoms in total. The average molecular weight is 403 g/mol. The van der Waals surface area contributed by atoms with E-state index < -0.39 is 0 Å². The van der Waals surface area contributed by atoms with Gasteiger partial charge in [-0.15, -0.1) is 15.3 Å². The smallest absolute Gasteiger partial charge is 0.226 e. The lowest BCUT2D eigenvalue weighted by atomic mass is 9.85. The number of rotatable bonds is 4. The highest BCUT2D eigenvalue weighted by Crippen LogP contribution is 2.42. The third-order valence-corrected chi connectivity index (χ3v) is 5.32. The zero-order valence-electron chi connectivity index (χ0n) is 17.0. The maximum Gasteiger partial charge on any atom is 0.226 e. The normalized spacial score (nSPS) is 15.8. The summed E-state index contributed by atoms with van der Waals surface area (Å²) >= 11 is 0. The van der Waals surface area contributed by atoms with Crippen LogP contribution < -0.4 is 10.1 Å². The van der Waals surface area contributed by atoms with Crippen LogP contribution in [0.25, 0.3) is 11.5 Å². The van der Waals surface area contributed by atoms with Crippen molar-refractivity contribution in [2.75, 3.05) is 11.9 Å². The quantitative estimate of drug-likeness (QED) is 0.563. The van der Waals surface area contributed by atoms with Gasteiger partial charge in [0.1, 0.15) is 11.6 Å². The van der Waals surface area contributed by atoms with E-state index in [0.29, 0.717) is 36.1 Å². The van der Waals surface area contributed by atoms with Crippen molar-refractivity contribution >= 4 is 17.4 Å². The predicted octanol–water partition coefficient (Wildman–Crippen LogP) is 2.80. The number of carbonyl (C=O) groups is 1. The summed E-state index contributed by atoms with van der Waals surface area (Å²) in [6.45, 7) is 6.30. The fourth-order valence-electron chi connectivity index (χ4n) is 4.03. The monoisotopic (exact) mass is 403 g/mol. The standard InChI is InChI=1S/C21H21N7O2/c1-4-30-16-8-6-5-7-14(16)15-11-19(29)22-21-20(15)12(2)25-28(21)18-10-9-17-24-23-13(3)27(17)26-18/h5-10,15H,4,11H2,1-3H3,(H,22,29)/t15-/m1/s1. The molecular weight excluding hydrogens is 382 g/mol. The van der Waals surface area contributed by atoms with Crippen molar-refractivity contribution in [3.63, 3.8) is 0 Å². The van der Waals surface area contributed by atoms with Gasteiger partial charge in [0.15, 0.2) is 17.3 Å². The first-order valence-corrected chi connectivity index (χ1v) is 9.87. The molecule has 152 valence electrons. The first-order valence-electron chi connectivity index (χ1n) is 9.87. The Kier molecular flexibility index (Phi) is 4.23. The third-order valence-electron chi connectivity index (χ3n) is 5.32. The van der Waals surface area contributed by atoms with E-state index in [2.05, 4.69) is 20.6 Å². The topological polar surface area (TPSA) is 99.2 Å². The van der Waals surface area contributed by atoms with E-state index in [4.69, 9.17) is 9.84 Å². The number of benzene rings is 1. The average Bonchev–Trinajstić information content (AvgIpc) is 3.28. The van der Waals surface area contributed by atoms with Crippen molar-refractivity contribution in [1.29, 1.82) is 0 Å². The lowest BCUT2D eigenvalue weighted by Gasteiger charge is -2.25. The maximum atomic E-state index is 12.7. The van der Waals surface area contributed by atoms with Crippen molar-refractivity contribution < 1.29 is 9.53 Å². The molecule has 4 heterocycles. The van der Waals surface area contributed by atoms with Gasteiger partial charge in [0.25, 0.3) is 0 Å². The van der Waals surface area contributed by atoms with Gasteiger partial charge in [-0.2, -0.15) is 14.3 Å². The van der Waals surface area contributed by atoms with Crippen LogP contribution in [0, 0.1) is 13.8 Å². The zero-order valence-corrected chi connectivity index (χ0v) is 17.0. The third kappa shape index (κ3) is 2.81. The Labute approximate surface area is 172 Å². The summed E-state index contributed by atoms with van der Waals surface area (Å²) in [6.07, 6.45) is 0.334. The highest BCUT2D eigenvalue weighted by molar-refractivity contribution is 5.95. The van der Waals surface area contributed by atoms with E-state index >= 15 is 0 Å². The maximum absolute atomic E-state index is 12.7. The highest BCUT2D eigenvalue weighted by atomic mass is 16.5. The molecule has 0 unspecified atom stereocenters. The Morgan fingerprint density at radius 2 is 1.97 bits per heavy atom. The largest absolute Gasteiger partial charge is 0.494 e. The molecule has 0 bridgehead atoms. The lowest BCUT2D eigenvalue weighted by molar-refractivity contribution is -0.116. The van der Waals surface area contributed by atoms with E-state index in [-0.39, 0.29) is 11.8 Å². The molecule has 4 aromatic rings. The fourth-order valence-corrected chi connectivity index (χ4v) is 4.03. The van der Waals surface area contributed by atoms with Crippen LogP contribution in [0.4, 0.5) is 5.82 Å². The van der Waals surface area contributed by atoms with E-state index in [9.17, 15) is 4.79 Å². The number of aryl methyl sites for hydroxylation is 2. The number of nitrogens with zero attached hydrogens (tertiary/aromatic N) is 6. The summed E-state index contributed by atoms with van der Waals surface area (Å²) < 4.78 is 9.17. The summed E-state index contributed by atoms with van der Waals surface area (Å²) in [7, 11) is 0. The van der Waals surface area contributed by atoms with Crippen LogP contribution in [0.3, 0.4) is 0 Å². The Morgan fingerprint density at radius 1 is 1.13 bits per heavy atom. The Bertz CT molecular complexity index is 1270. The summed E-state index contributed by atoms with van der Waals surface area (Å²) in [5, 5.41) is 20.4. The molecule has 9 heteroatoms. The molecule has 0 spiro atoms. The number of anilines is 1. The molecule has 1 aliphatic heterocycles. The van der Waals surface area contributed by atoms with Crippen LogP contribution in [-0.2, 0) is 4.79 Å². The molecule has 0 radical (unpaired) electrons.